The van der Waals surface area contributed by atoms with Gasteiger partial charge in [0.15, 0.2) is 0 Å². The lowest BCUT2D eigenvalue weighted by molar-refractivity contribution is -0.123. The number of carbonyl (C=O) groups excluding carboxylic acids is 3. The Balaban J connectivity index is 1.83. The molecule has 118 valence electrons. The van der Waals surface area contributed by atoms with E-state index < -0.39 is 17.9 Å². The smallest absolute Gasteiger partial charge is 0.288 e. The van der Waals surface area contributed by atoms with Crippen LogP contribution < -0.4 is 16.2 Å². The summed E-state index contributed by atoms with van der Waals surface area (Å²) in [7, 11) is 0. The second-order valence-electron chi connectivity index (χ2n) is 4.72. The number of carbonyl (C=O) groups is 3. The van der Waals surface area contributed by atoms with Gasteiger partial charge in [0.25, 0.3) is 17.7 Å². The molecule has 1 atom stereocenters. The molecular formula is C16H16N4O3. The van der Waals surface area contributed by atoms with Gasteiger partial charge in [0.1, 0.15) is 11.7 Å². The number of hydrogen-bond acceptors (Lipinski definition) is 4. The summed E-state index contributed by atoms with van der Waals surface area (Å²) in [6.45, 7) is 1.52. The molecule has 0 aliphatic carbocycles. The molecule has 2 aromatic rings. The zero-order chi connectivity index (χ0) is 16.7. The number of hydrogen-bond donors (Lipinski definition) is 3. The van der Waals surface area contributed by atoms with E-state index in [9.17, 15) is 14.4 Å². The molecule has 0 saturated carbocycles. The van der Waals surface area contributed by atoms with Crippen molar-refractivity contribution < 1.29 is 14.4 Å². The fraction of sp³-hybridized carbons (Fsp3) is 0.125. The summed E-state index contributed by atoms with van der Waals surface area (Å²) in [6, 6.07) is 12.6. The summed E-state index contributed by atoms with van der Waals surface area (Å²) >= 11 is 0. The van der Waals surface area contributed by atoms with Gasteiger partial charge in [-0.05, 0) is 31.2 Å². The van der Waals surface area contributed by atoms with Crippen LogP contribution in [0.25, 0.3) is 0 Å². The molecule has 0 aliphatic heterocycles. The molecule has 0 fully saturated rings. The van der Waals surface area contributed by atoms with E-state index >= 15 is 0 Å². The average Bonchev–Trinajstić information content (AvgIpc) is 2.60. The number of pyridine rings is 1. The van der Waals surface area contributed by atoms with Crippen LogP contribution in [0.15, 0.2) is 54.7 Å². The van der Waals surface area contributed by atoms with Crippen LogP contribution in [0.3, 0.4) is 0 Å². The first-order chi connectivity index (χ1) is 11.1. The van der Waals surface area contributed by atoms with Gasteiger partial charge in [-0.1, -0.05) is 24.3 Å². The lowest BCUT2D eigenvalue weighted by Gasteiger charge is -2.14. The van der Waals surface area contributed by atoms with Gasteiger partial charge in [-0.25, -0.2) is 0 Å². The normalized spacial score (nSPS) is 11.2. The molecule has 1 aromatic carbocycles. The lowest BCUT2D eigenvalue weighted by Crippen LogP contribution is -2.51. The molecule has 23 heavy (non-hydrogen) atoms. The van der Waals surface area contributed by atoms with Gasteiger partial charge >= 0.3 is 0 Å². The predicted octanol–water partition coefficient (Wildman–Crippen LogP) is 0.661. The van der Waals surface area contributed by atoms with Crippen molar-refractivity contribution in [3.63, 3.8) is 0 Å². The highest BCUT2D eigenvalue weighted by Crippen LogP contribution is 1.98. The highest BCUT2D eigenvalue weighted by atomic mass is 16.2. The molecule has 2 rings (SSSR count). The topological polar surface area (TPSA) is 100 Å². The van der Waals surface area contributed by atoms with E-state index in [4.69, 9.17) is 0 Å². The van der Waals surface area contributed by atoms with Gasteiger partial charge in [0.05, 0.1) is 0 Å². The highest BCUT2D eigenvalue weighted by Gasteiger charge is 2.17. The third kappa shape index (κ3) is 4.63. The Morgan fingerprint density at radius 1 is 0.913 bits per heavy atom. The number of nitrogens with one attached hydrogen (secondary N) is 3. The Morgan fingerprint density at radius 2 is 1.61 bits per heavy atom. The minimum absolute atomic E-state index is 0.175. The minimum Gasteiger partial charge on any atom is -0.340 e. The van der Waals surface area contributed by atoms with Crippen molar-refractivity contribution in [1.29, 1.82) is 0 Å². The van der Waals surface area contributed by atoms with Crippen LogP contribution >= 0.6 is 0 Å². The van der Waals surface area contributed by atoms with E-state index in [-0.39, 0.29) is 11.6 Å². The van der Waals surface area contributed by atoms with Crippen molar-refractivity contribution in [2.45, 2.75) is 13.0 Å². The predicted molar refractivity (Wildman–Crippen MR) is 83.2 cm³/mol. The number of amides is 3. The third-order valence-electron chi connectivity index (χ3n) is 2.97. The maximum atomic E-state index is 11.9. The molecular weight excluding hydrogens is 296 g/mol. The van der Waals surface area contributed by atoms with Crippen LogP contribution in [0.1, 0.15) is 27.8 Å². The summed E-state index contributed by atoms with van der Waals surface area (Å²) in [5, 5.41) is 2.54. The highest BCUT2D eigenvalue weighted by molar-refractivity contribution is 5.98. The Bertz CT molecular complexity index is 689. The van der Waals surface area contributed by atoms with Crippen molar-refractivity contribution in [3.8, 4) is 0 Å². The van der Waals surface area contributed by atoms with Gasteiger partial charge < -0.3 is 5.32 Å². The number of benzene rings is 1. The van der Waals surface area contributed by atoms with E-state index in [1.54, 1.807) is 42.5 Å². The summed E-state index contributed by atoms with van der Waals surface area (Å²) in [5.74, 6) is -1.46. The van der Waals surface area contributed by atoms with Crippen molar-refractivity contribution >= 4 is 17.7 Å². The largest absolute Gasteiger partial charge is 0.340 e. The quantitative estimate of drug-likeness (QED) is 0.722. The van der Waals surface area contributed by atoms with Gasteiger partial charge in [-0.3, -0.25) is 30.2 Å². The molecule has 1 unspecified atom stereocenters. The first-order valence-corrected chi connectivity index (χ1v) is 6.95. The Labute approximate surface area is 133 Å². The second kappa shape index (κ2) is 7.69. The van der Waals surface area contributed by atoms with Crippen LogP contribution in [0.4, 0.5) is 0 Å². The molecule has 7 nitrogen and oxygen atoms in total. The number of aromatic nitrogens is 1. The molecule has 0 saturated heterocycles. The molecule has 7 heteroatoms. The van der Waals surface area contributed by atoms with Crippen LogP contribution in [0, 0.1) is 0 Å². The maximum absolute atomic E-state index is 11.9. The zero-order valence-corrected chi connectivity index (χ0v) is 12.4. The number of nitrogens with zero attached hydrogens (tertiary/aromatic N) is 1. The first-order valence-electron chi connectivity index (χ1n) is 6.95. The van der Waals surface area contributed by atoms with E-state index in [1.807, 2.05) is 0 Å². The molecule has 3 amide bonds. The van der Waals surface area contributed by atoms with Crippen molar-refractivity contribution in [3.05, 3.63) is 66.0 Å². The lowest BCUT2D eigenvalue weighted by atomic mass is 10.2. The summed E-state index contributed by atoms with van der Waals surface area (Å²) < 4.78 is 0. The fourth-order valence-corrected chi connectivity index (χ4v) is 1.72. The van der Waals surface area contributed by atoms with Crippen molar-refractivity contribution in [2.75, 3.05) is 0 Å². The van der Waals surface area contributed by atoms with E-state index in [1.165, 1.54) is 19.2 Å². The van der Waals surface area contributed by atoms with Crippen LogP contribution in [-0.4, -0.2) is 28.7 Å². The first kappa shape index (κ1) is 16.2. The standard InChI is InChI=1S/C16H16N4O3/c1-11(18-15(22)12-7-3-2-4-8-12)14(21)19-20-16(23)13-9-5-6-10-17-13/h2-11H,1H3,(H,18,22)(H,19,21)(H,20,23). The Hall–Kier alpha value is -3.22. The summed E-state index contributed by atoms with van der Waals surface area (Å²) in [4.78, 5) is 39.4. The fourth-order valence-electron chi connectivity index (χ4n) is 1.72. The van der Waals surface area contributed by atoms with Gasteiger partial charge in [-0.15, -0.1) is 0 Å². The summed E-state index contributed by atoms with van der Waals surface area (Å²) in [6.07, 6.45) is 1.47. The molecule has 0 radical (unpaired) electrons. The summed E-state index contributed by atoms with van der Waals surface area (Å²) in [5.41, 5.74) is 5.11. The molecule has 1 aromatic heterocycles. The molecule has 0 bridgehead atoms. The second-order valence-corrected chi connectivity index (χ2v) is 4.72. The third-order valence-corrected chi connectivity index (χ3v) is 2.97. The number of rotatable bonds is 4. The van der Waals surface area contributed by atoms with Gasteiger partial charge in [-0.2, -0.15) is 0 Å². The molecule has 0 spiro atoms. The van der Waals surface area contributed by atoms with Crippen LogP contribution in [-0.2, 0) is 4.79 Å². The van der Waals surface area contributed by atoms with Crippen LogP contribution in [0.2, 0.25) is 0 Å². The van der Waals surface area contributed by atoms with Crippen LogP contribution in [0.5, 0.6) is 0 Å². The van der Waals surface area contributed by atoms with Gasteiger partial charge in [0.2, 0.25) is 0 Å². The molecule has 1 heterocycles. The van der Waals surface area contributed by atoms with Crippen molar-refractivity contribution in [2.24, 2.45) is 0 Å². The number of hydrazine groups is 1. The SMILES string of the molecule is CC(NC(=O)c1ccccc1)C(=O)NNC(=O)c1ccccn1. The van der Waals surface area contributed by atoms with E-state index in [0.29, 0.717) is 5.56 Å². The Morgan fingerprint density at radius 3 is 2.26 bits per heavy atom. The molecule has 0 aliphatic rings. The van der Waals surface area contributed by atoms with Gasteiger partial charge in [0, 0.05) is 11.8 Å². The maximum Gasteiger partial charge on any atom is 0.288 e. The van der Waals surface area contributed by atoms with E-state index in [2.05, 4.69) is 21.2 Å². The molecule has 3 N–H and O–H groups in total. The average molecular weight is 312 g/mol. The zero-order valence-electron chi connectivity index (χ0n) is 12.4. The van der Waals surface area contributed by atoms with E-state index in [0.717, 1.165) is 0 Å². The Kier molecular flexibility index (Phi) is 5.40. The van der Waals surface area contributed by atoms with Crippen molar-refractivity contribution in [1.82, 2.24) is 21.2 Å². The minimum atomic E-state index is -0.813. The monoisotopic (exact) mass is 312 g/mol.